The molecule has 1 aliphatic rings. The smallest absolute Gasteiger partial charge is 0.276 e. The molecule has 2 amide bonds. The second kappa shape index (κ2) is 8.77. The van der Waals surface area contributed by atoms with Crippen molar-refractivity contribution in [2.75, 3.05) is 32.4 Å². The summed E-state index contributed by atoms with van der Waals surface area (Å²) < 4.78 is 26.3. The molecule has 33 heavy (non-hydrogen) atoms. The van der Waals surface area contributed by atoms with E-state index < -0.39 is 9.84 Å². The Hall–Kier alpha value is -3.54. The van der Waals surface area contributed by atoms with E-state index in [4.69, 9.17) is 0 Å². The number of nitrogens with zero attached hydrogens (tertiary/aromatic N) is 7. The molecule has 2 aromatic heterocycles. The van der Waals surface area contributed by atoms with E-state index in [1.807, 2.05) is 6.92 Å². The van der Waals surface area contributed by atoms with Crippen molar-refractivity contribution in [2.24, 2.45) is 7.05 Å². The maximum Gasteiger partial charge on any atom is 0.276 e. The van der Waals surface area contributed by atoms with Crippen LogP contribution in [0.4, 0.5) is 0 Å². The Morgan fingerprint density at radius 2 is 1.61 bits per heavy atom. The number of carbonyl (C=O) groups is 2. The van der Waals surface area contributed by atoms with Gasteiger partial charge < -0.3 is 9.80 Å². The lowest BCUT2D eigenvalue weighted by Crippen LogP contribution is -2.51. The Morgan fingerprint density at radius 1 is 1.00 bits per heavy atom. The first-order chi connectivity index (χ1) is 15.6. The topological polar surface area (TPSA) is 123 Å². The molecule has 174 valence electrons. The average molecular weight is 472 g/mol. The largest absolute Gasteiger partial charge is 0.334 e. The van der Waals surface area contributed by atoms with E-state index in [1.165, 1.54) is 4.68 Å². The van der Waals surface area contributed by atoms with Crippen LogP contribution >= 0.6 is 0 Å². The number of amides is 2. The van der Waals surface area contributed by atoms with Gasteiger partial charge in [-0.2, -0.15) is 5.10 Å². The average Bonchev–Trinajstić information content (AvgIpc) is 3.38. The van der Waals surface area contributed by atoms with Gasteiger partial charge in [0.25, 0.3) is 11.8 Å². The summed E-state index contributed by atoms with van der Waals surface area (Å²) in [6.45, 7) is 3.86. The van der Waals surface area contributed by atoms with Crippen molar-refractivity contribution >= 4 is 21.7 Å². The third-order valence-corrected chi connectivity index (χ3v) is 6.66. The van der Waals surface area contributed by atoms with Crippen LogP contribution in [0.3, 0.4) is 0 Å². The van der Waals surface area contributed by atoms with Gasteiger partial charge in [0, 0.05) is 39.5 Å². The molecular weight excluding hydrogens is 446 g/mol. The lowest BCUT2D eigenvalue weighted by molar-refractivity contribution is 0.0526. The third-order valence-electron chi connectivity index (χ3n) is 5.53. The minimum absolute atomic E-state index is 0.0990. The number of hydrogen-bond donors (Lipinski definition) is 0. The van der Waals surface area contributed by atoms with Crippen LogP contribution in [-0.2, 0) is 23.4 Å². The van der Waals surface area contributed by atoms with Crippen LogP contribution in [0.25, 0.3) is 0 Å². The van der Waals surface area contributed by atoms with Gasteiger partial charge in [-0.1, -0.05) is 17.3 Å². The summed E-state index contributed by atoms with van der Waals surface area (Å²) >= 11 is 0. The van der Waals surface area contributed by atoms with E-state index in [-0.39, 0.29) is 22.4 Å². The fourth-order valence-electron chi connectivity index (χ4n) is 3.75. The molecule has 0 N–H and O–H groups in total. The van der Waals surface area contributed by atoms with Crippen LogP contribution in [0.1, 0.15) is 32.2 Å². The van der Waals surface area contributed by atoms with Crippen LogP contribution in [0, 0.1) is 6.92 Å². The number of hydrogen-bond acceptors (Lipinski definition) is 7. The summed E-state index contributed by atoms with van der Waals surface area (Å²) in [4.78, 5) is 29.2. The Bertz CT molecular complexity index is 1290. The van der Waals surface area contributed by atoms with Crippen LogP contribution in [0.5, 0.6) is 0 Å². The van der Waals surface area contributed by atoms with E-state index in [0.29, 0.717) is 38.4 Å². The first kappa shape index (κ1) is 22.6. The molecule has 0 atom stereocenters. The second-order valence-corrected chi connectivity index (χ2v) is 10.1. The molecule has 3 aromatic rings. The number of carbonyl (C=O) groups excluding carboxylic acids is 2. The van der Waals surface area contributed by atoms with Gasteiger partial charge in [0.05, 0.1) is 23.3 Å². The van der Waals surface area contributed by atoms with Crippen molar-refractivity contribution < 1.29 is 18.0 Å². The molecule has 4 rings (SSSR count). The van der Waals surface area contributed by atoms with Crippen molar-refractivity contribution in [1.29, 1.82) is 0 Å². The van der Waals surface area contributed by atoms with E-state index in [2.05, 4.69) is 15.4 Å². The van der Waals surface area contributed by atoms with Crippen LogP contribution in [0.15, 0.2) is 41.4 Å². The Kier molecular flexibility index (Phi) is 6.02. The van der Waals surface area contributed by atoms with Gasteiger partial charge in [-0.25, -0.2) is 13.1 Å². The molecule has 1 aromatic carbocycles. The molecular formula is C21H25N7O4S. The van der Waals surface area contributed by atoms with Gasteiger partial charge in [0.1, 0.15) is 5.69 Å². The molecule has 1 fully saturated rings. The third kappa shape index (κ3) is 4.95. The lowest BCUT2D eigenvalue weighted by atomic mass is 10.2. The van der Waals surface area contributed by atoms with E-state index in [9.17, 15) is 18.0 Å². The summed E-state index contributed by atoms with van der Waals surface area (Å²) in [6, 6.07) is 8.26. The lowest BCUT2D eigenvalue weighted by Gasteiger charge is -2.34. The standard InChI is InChI=1S/C21H25N7O4S/c1-15-12-19(25(2)23-15)21(30)27-10-8-26(9-11-27)20(29)18-14-28(24-22-18)13-16-4-6-17(7-5-16)33(3,31)32/h4-7,12,14H,8-11,13H2,1-3H3. The minimum Gasteiger partial charge on any atom is -0.334 e. The Balaban J connectivity index is 1.35. The second-order valence-electron chi connectivity index (χ2n) is 8.10. The molecule has 0 radical (unpaired) electrons. The van der Waals surface area contributed by atoms with Gasteiger partial charge in [0.15, 0.2) is 15.5 Å². The summed E-state index contributed by atoms with van der Waals surface area (Å²) in [7, 11) is -1.51. The molecule has 0 spiro atoms. The zero-order valence-electron chi connectivity index (χ0n) is 18.7. The molecule has 0 saturated carbocycles. The molecule has 1 aliphatic heterocycles. The fraction of sp³-hybridized carbons (Fsp3) is 0.381. The number of benzene rings is 1. The highest BCUT2D eigenvalue weighted by Crippen LogP contribution is 2.13. The molecule has 3 heterocycles. The van der Waals surface area contributed by atoms with Gasteiger partial charge in [0.2, 0.25) is 0 Å². The predicted molar refractivity (Wildman–Crippen MR) is 118 cm³/mol. The zero-order valence-corrected chi connectivity index (χ0v) is 19.5. The highest BCUT2D eigenvalue weighted by molar-refractivity contribution is 7.90. The summed E-state index contributed by atoms with van der Waals surface area (Å²) in [5, 5.41) is 12.2. The van der Waals surface area contributed by atoms with Crippen LogP contribution in [0.2, 0.25) is 0 Å². The first-order valence-electron chi connectivity index (χ1n) is 10.4. The molecule has 0 unspecified atom stereocenters. The highest BCUT2D eigenvalue weighted by Gasteiger charge is 2.28. The zero-order chi connectivity index (χ0) is 23.8. The predicted octanol–water partition coefficient (Wildman–Crippen LogP) is 0.370. The Morgan fingerprint density at radius 3 is 2.15 bits per heavy atom. The van der Waals surface area contributed by atoms with Gasteiger partial charge >= 0.3 is 0 Å². The fourth-order valence-corrected chi connectivity index (χ4v) is 4.38. The molecule has 12 heteroatoms. The van der Waals surface area contributed by atoms with E-state index in [1.54, 1.807) is 58.1 Å². The van der Waals surface area contributed by atoms with Crippen LogP contribution in [-0.4, -0.2) is 87.2 Å². The van der Waals surface area contributed by atoms with Crippen molar-refractivity contribution in [1.82, 2.24) is 34.6 Å². The van der Waals surface area contributed by atoms with Crippen molar-refractivity contribution in [3.05, 3.63) is 59.2 Å². The molecule has 1 saturated heterocycles. The van der Waals surface area contributed by atoms with Gasteiger partial charge in [-0.3, -0.25) is 14.3 Å². The number of rotatable bonds is 5. The number of sulfone groups is 1. The van der Waals surface area contributed by atoms with E-state index >= 15 is 0 Å². The highest BCUT2D eigenvalue weighted by atomic mass is 32.2. The molecule has 0 aliphatic carbocycles. The molecule has 11 nitrogen and oxygen atoms in total. The van der Waals surface area contributed by atoms with Crippen molar-refractivity contribution in [3.8, 4) is 0 Å². The minimum atomic E-state index is -3.25. The SMILES string of the molecule is Cc1cc(C(=O)N2CCN(C(=O)c3cn(Cc4ccc(S(C)(=O)=O)cc4)nn3)CC2)n(C)n1. The van der Waals surface area contributed by atoms with Gasteiger partial charge in [-0.15, -0.1) is 5.10 Å². The van der Waals surface area contributed by atoms with Crippen molar-refractivity contribution in [2.45, 2.75) is 18.4 Å². The number of aromatic nitrogens is 5. The van der Waals surface area contributed by atoms with Gasteiger partial charge in [-0.05, 0) is 30.7 Å². The van der Waals surface area contributed by atoms with Crippen molar-refractivity contribution in [3.63, 3.8) is 0 Å². The monoisotopic (exact) mass is 471 g/mol. The first-order valence-corrected chi connectivity index (χ1v) is 12.3. The van der Waals surface area contributed by atoms with Crippen LogP contribution < -0.4 is 0 Å². The summed E-state index contributed by atoms with van der Waals surface area (Å²) in [5.74, 6) is -0.338. The number of piperazine rings is 1. The Labute approximate surface area is 191 Å². The summed E-state index contributed by atoms with van der Waals surface area (Å²) in [6.07, 6.45) is 2.73. The maximum absolute atomic E-state index is 12.9. The molecule has 0 bridgehead atoms. The summed E-state index contributed by atoms with van der Waals surface area (Å²) in [5.41, 5.74) is 2.37. The number of aryl methyl sites for hydroxylation is 2. The van der Waals surface area contributed by atoms with E-state index in [0.717, 1.165) is 17.5 Å². The quantitative estimate of drug-likeness (QED) is 0.527. The maximum atomic E-state index is 12.9. The normalized spacial score (nSPS) is 14.5.